The summed E-state index contributed by atoms with van der Waals surface area (Å²) in [6.45, 7) is 5.26. The Morgan fingerprint density at radius 2 is 1.92 bits per heavy atom. The van der Waals surface area contributed by atoms with Gasteiger partial charge in [-0.05, 0) is 50.8 Å². The first-order chi connectivity index (χ1) is 12.5. The van der Waals surface area contributed by atoms with Gasteiger partial charge in [-0.25, -0.2) is 0 Å². The molecule has 4 rings (SSSR count). The Hall–Kier alpha value is -2.30. The van der Waals surface area contributed by atoms with Crippen molar-refractivity contribution >= 4 is 22.7 Å². The molecule has 26 heavy (non-hydrogen) atoms. The number of H-pyrrole nitrogens is 1. The van der Waals surface area contributed by atoms with E-state index >= 15 is 0 Å². The lowest BCUT2D eigenvalue weighted by atomic mass is 10.0. The highest BCUT2D eigenvalue weighted by atomic mass is 16.2. The Morgan fingerprint density at radius 3 is 2.69 bits per heavy atom. The molecule has 0 radical (unpaired) electrons. The third kappa shape index (κ3) is 3.00. The maximum Gasteiger partial charge on any atom is 0.254 e. The second-order valence-corrected chi connectivity index (χ2v) is 7.83. The molecule has 1 saturated heterocycles. The number of benzene rings is 1. The van der Waals surface area contributed by atoms with Crippen LogP contribution in [0.25, 0.3) is 10.9 Å². The SMILES string of the molecule is Cc1[nH]c2cccc(C(=O)N3CC[C@H](C(=O)NC4CCCC4)C3)c2c1C. The van der Waals surface area contributed by atoms with Gasteiger partial charge in [-0.1, -0.05) is 18.9 Å². The summed E-state index contributed by atoms with van der Waals surface area (Å²) in [5.74, 6) is 0.0840. The van der Waals surface area contributed by atoms with Gasteiger partial charge in [-0.3, -0.25) is 9.59 Å². The quantitative estimate of drug-likeness (QED) is 0.889. The molecule has 5 heteroatoms. The molecule has 1 saturated carbocycles. The Labute approximate surface area is 154 Å². The van der Waals surface area contributed by atoms with Crippen LogP contribution in [-0.4, -0.2) is 40.8 Å². The van der Waals surface area contributed by atoms with Gasteiger partial charge in [-0.2, -0.15) is 0 Å². The number of aryl methyl sites for hydroxylation is 2. The predicted octanol–water partition coefficient (Wildman–Crippen LogP) is 3.31. The number of nitrogens with zero attached hydrogens (tertiary/aromatic N) is 1. The molecule has 2 N–H and O–H groups in total. The molecule has 2 aliphatic rings. The summed E-state index contributed by atoms with van der Waals surface area (Å²) in [4.78, 5) is 30.8. The summed E-state index contributed by atoms with van der Waals surface area (Å²) in [6, 6.07) is 6.17. The van der Waals surface area contributed by atoms with Gasteiger partial charge < -0.3 is 15.2 Å². The molecule has 2 aromatic rings. The first kappa shape index (κ1) is 17.1. The van der Waals surface area contributed by atoms with E-state index in [1.54, 1.807) is 0 Å². The molecule has 138 valence electrons. The number of carbonyl (C=O) groups is 2. The number of hydrogen-bond acceptors (Lipinski definition) is 2. The third-order valence-electron chi connectivity index (χ3n) is 6.10. The second kappa shape index (κ2) is 6.78. The highest BCUT2D eigenvalue weighted by molar-refractivity contribution is 6.08. The molecule has 1 aromatic carbocycles. The average molecular weight is 353 g/mol. The highest BCUT2D eigenvalue weighted by Gasteiger charge is 2.33. The smallest absolute Gasteiger partial charge is 0.254 e. The Bertz CT molecular complexity index is 848. The molecule has 1 atom stereocenters. The van der Waals surface area contributed by atoms with Crippen molar-refractivity contribution in [1.29, 1.82) is 0 Å². The Kier molecular flexibility index (Phi) is 4.47. The molecule has 0 unspecified atom stereocenters. The third-order valence-corrected chi connectivity index (χ3v) is 6.10. The van der Waals surface area contributed by atoms with Crippen LogP contribution in [0.5, 0.6) is 0 Å². The van der Waals surface area contributed by atoms with Crippen LogP contribution in [0.4, 0.5) is 0 Å². The first-order valence-corrected chi connectivity index (χ1v) is 9.72. The number of carbonyl (C=O) groups excluding carboxylic acids is 2. The maximum atomic E-state index is 13.1. The average Bonchev–Trinajstić information content (AvgIpc) is 3.36. The van der Waals surface area contributed by atoms with E-state index in [1.807, 2.05) is 36.9 Å². The molecule has 5 nitrogen and oxygen atoms in total. The van der Waals surface area contributed by atoms with Crippen LogP contribution in [0.3, 0.4) is 0 Å². The van der Waals surface area contributed by atoms with Gasteiger partial charge >= 0.3 is 0 Å². The zero-order chi connectivity index (χ0) is 18.3. The van der Waals surface area contributed by atoms with E-state index in [0.717, 1.165) is 47.0 Å². The van der Waals surface area contributed by atoms with Gasteiger partial charge in [0.2, 0.25) is 5.91 Å². The molecule has 1 aromatic heterocycles. The van der Waals surface area contributed by atoms with Crippen LogP contribution in [0.2, 0.25) is 0 Å². The highest BCUT2D eigenvalue weighted by Crippen LogP contribution is 2.28. The van der Waals surface area contributed by atoms with Crippen molar-refractivity contribution in [3.05, 3.63) is 35.0 Å². The molecule has 2 amide bonds. The van der Waals surface area contributed by atoms with Crippen molar-refractivity contribution in [3.8, 4) is 0 Å². The Morgan fingerprint density at radius 1 is 1.15 bits per heavy atom. The Balaban J connectivity index is 1.49. The zero-order valence-electron chi connectivity index (χ0n) is 15.6. The summed E-state index contributed by atoms with van der Waals surface area (Å²) in [5, 5.41) is 4.19. The minimum Gasteiger partial charge on any atom is -0.358 e. The van der Waals surface area contributed by atoms with Gasteiger partial charge in [0.05, 0.1) is 5.92 Å². The minimum atomic E-state index is -0.0761. The van der Waals surface area contributed by atoms with E-state index < -0.39 is 0 Å². The van der Waals surface area contributed by atoms with Gasteiger partial charge in [0.25, 0.3) is 5.91 Å². The predicted molar refractivity (Wildman–Crippen MR) is 102 cm³/mol. The van der Waals surface area contributed by atoms with Crippen LogP contribution in [0.1, 0.15) is 53.7 Å². The molecule has 1 aliphatic heterocycles. The number of nitrogens with one attached hydrogen (secondary N) is 2. The summed E-state index contributed by atoms with van der Waals surface area (Å²) in [7, 11) is 0. The molecule has 2 fully saturated rings. The fourth-order valence-corrected chi connectivity index (χ4v) is 4.44. The van der Waals surface area contributed by atoms with Crippen molar-refractivity contribution < 1.29 is 9.59 Å². The number of amides is 2. The van der Waals surface area contributed by atoms with E-state index in [2.05, 4.69) is 10.3 Å². The zero-order valence-corrected chi connectivity index (χ0v) is 15.6. The van der Waals surface area contributed by atoms with Crippen molar-refractivity contribution in [3.63, 3.8) is 0 Å². The fourth-order valence-electron chi connectivity index (χ4n) is 4.44. The molecule has 0 spiro atoms. The van der Waals surface area contributed by atoms with Gasteiger partial charge in [0.1, 0.15) is 0 Å². The van der Waals surface area contributed by atoms with Crippen LogP contribution in [-0.2, 0) is 4.79 Å². The lowest BCUT2D eigenvalue weighted by Gasteiger charge is -2.18. The van der Waals surface area contributed by atoms with Crippen molar-refractivity contribution in [2.45, 2.75) is 52.0 Å². The number of hydrogen-bond donors (Lipinski definition) is 2. The van der Waals surface area contributed by atoms with Crippen molar-refractivity contribution in [2.24, 2.45) is 5.92 Å². The molecule has 0 bridgehead atoms. The van der Waals surface area contributed by atoms with Crippen LogP contribution in [0, 0.1) is 19.8 Å². The first-order valence-electron chi connectivity index (χ1n) is 9.72. The molecule has 1 aliphatic carbocycles. The topological polar surface area (TPSA) is 65.2 Å². The number of aromatic nitrogens is 1. The van der Waals surface area contributed by atoms with E-state index in [4.69, 9.17) is 0 Å². The molecular formula is C21H27N3O2. The lowest BCUT2D eigenvalue weighted by molar-refractivity contribution is -0.125. The summed E-state index contributed by atoms with van der Waals surface area (Å²) >= 11 is 0. The molecular weight excluding hydrogens is 326 g/mol. The minimum absolute atomic E-state index is 0.0360. The normalized spacial score (nSPS) is 20.8. The second-order valence-electron chi connectivity index (χ2n) is 7.83. The maximum absolute atomic E-state index is 13.1. The number of rotatable bonds is 3. The van der Waals surface area contributed by atoms with E-state index in [-0.39, 0.29) is 17.7 Å². The van der Waals surface area contributed by atoms with E-state index in [0.29, 0.717) is 19.1 Å². The van der Waals surface area contributed by atoms with E-state index in [9.17, 15) is 9.59 Å². The van der Waals surface area contributed by atoms with Gasteiger partial charge in [0, 0.05) is 41.3 Å². The monoisotopic (exact) mass is 353 g/mol. The fraction of sp³-hybridized carbons (Fsp3) is 0.524. The number of fused-ring (bicyclic) bond motifs is 1. The molecule has 2 heterocycles. The van der Waals surface area contributed by atoms with Gasteiger partial charge in [-0.15, -0.1) is 0 Å². The van der Waals surface area contributed by atoms with E-state index in [1.165, 1.54) is 12.8 Å². The van der Waals surface area contributed by atoms with Crippen LogP contribution < -0.4 is 5.32 Å². The van der Waals surface area contributed by atoms with Gasteiger partial charge in [0.15, 0.2) is 0 Å². The van der Waals surface area contributed by atoms with Crippen LogP contribution >= 0.6 is 0 Å². The lowest BCUT2D eigenvalue weighted by Crippen LogP contribution is -2.39. The number of aromatic amines is 1. The van der Waals surface area contributed by atoms with Crippen molar-refractivity contribution in [2.75, 3.05) is 13.1 Å². The standard InChI is InChI=1S/C21H27N3O2/c1-13-14(2)22-18-9-5-8-17(19(13)18)21(26)24-11-10-15(12-24)20(25)23-16-6-3-4-7-16/h5,8-9,15-16,22H,3-4,6-7,10-12H2,1-2H3,(H,23,25)/t15-/m0/s1. The summed E-state index contributed by atoms with van der Waals surface area (Å²) in [6.07, 6.45) is 5.36. The summed E-state index contributed by atoms with van der Waals surface area (Å²) in [5.41, 5.74) is 3.95. The van der Waals surface area contributed by atoms with Crippen molar-refractivity contribution in [1.82, 2.24) is 15.2 Å². The summed E-state index contributed by atoms with van der Waals surface area (Å²) < 4.78 is 0. The largest absolute Gasteiger partial charge is 0.358 e. The van der Waals surface area contributed by atoms with Crippen LogP contribution in [0.15, 0.2) is 18.2 Å². The number of likely N-dealkylation sites (tertiary alicyclic amines) is 1.